The molecule has 0 spiro atoms. The summed E-state index contributed by atoms with van der Waals surface area (Å²) in [4.78, 5) is 14.8. The van der Waals surface area contributed by atoms with Crippen LogP contribution in [0, 0.1) is 11.8 Å². The maximum absolute atomic E-state index is 5.07. The Kier molecular flexibility index (Phi) is 2.91. The standard InChI is InChI=1S/C11H17N5O2/c1-17-10-13-9(14-11(15-10)18-2)16-5-7-3-12-4-8(7)6-16/h7-8,12H,3-6H2,1-2H3/t7-,8+. The molecule has 0 bridgehead atoms. The Balaban J connectivity index is 1.83. The van der Waals surface area contributed by atoms with Crippen molar-refractivity contribution in [3.05, 3.63) is 0 Å². The van der Waals surface area contributed by atoms with Crippen LogP contribution in [0.15, 0.2) is 0 Å². The normalized spacial score (nSPS) is 26.2. The molecule has 98 valence electrons. The SMILES string of the molecule is COc1nc(OC)nc(N2C[C@H]3CNC[C@H]3C2)n1. The van der Waals surface area contributed by atoms with Crippen molar-refractivity contribution in [1.82, 2.24) is 20.3 Å². The summed E-state index contributed by atoms with van der Waals surface area (Å²) in [5.41, 5.74) is 0. The van der Waals surface area contributed by atoms with E-state index in [0.717, 1.165) is 26.2 Å². The fourth-order valence-corrected chi connectivity index (χ4v) is 2.67. The van der Waals surface area contributed by atoms with E-state index in [1.165, 1.54) is 0 Å². The summed E-state index contributed by atoms with van der Waals surface area (Å²) in [5.74, 6) is 2.03. The van der Waals surface area contributed by atoms with Crippen LogP contribution in [0.25, 0.3) is 0 Å². The molecule has 0 amide bonds. The van der Waals surface area contributed by atoms with Crippen LogP contribution < -0.4 is 19.7 Å². The molecular weight excluding hydrogens is 234 g/mol. The lowest BCUT2D eigenvalue weighted by Gasteiger charge is -2.17. The molecule has 0 radical (unpaired) electrons. The van der Waals surface area contributed by atoms with Gasteiger partial charge in [-0.2, -0.15) is 9.97 Å². The second-order valence-corrected chi connectivity index (χ2v) is 4.69. The zero-order valence-corrected chi connectivity index (χ0v) is 10.6. The molecule has 7 heteroatoms. The highest BCUT2D eigenvalue weighted by Crippen LogP contribution is 2.29. The summed E-state index contributed by atoms with van der Waals surface area (Å²) < 4.78 is 10.1. The van der Waals surface area contributed by atoms with Gasteiger partial charge in [-0.25, -0.2) is 0 Å². The zero-order valence-electron chi connectivity index (χ0n) is 10.6. The van der Waals surface area contributed by atoms with Gasteiger partial charge in [-0.1, -0.05) is 0 Å². The van der Waals surface area contributed by atoms with E-state index in [2.05, 4.69) is 25.2 Å². The largest absolute Gasteiger partial charge is 0.467 e. The summed E-state index contributed by atoms with van der Waals surface area (Å²) in [5, 5.41) is 3.41. The number of aromatic nitrogens is 3. The number of anilines is 1. The molecule has 2 fully saturated rings. The van der Waals surface area contributed by atoms with Crippen molar-refractivity contribution in [2.24, 2.45) is 11.8 Å². The molecule has 0 saturated carbocycles. The fourth-order valence-electron chi connectivity index (χ4n) is 2.67. The number of ether oxygens (including phenoxy) is 2. The molecule has 2 aliphatic rings. The highest BCUT2D eigenvalue weighted by molar-refractivity contribution is 5.35. The van der Waals surface area contributed by atoms with Crippen molar-refractivity contribution < 1.29 is 9.47 Å². The molecule has 18 heavy (non-hydrogen) atoms. The van der Waals surface area contributed by atoms with Crippen LogP contribution in [0.1, 0.15) is 0 Å². The van der Waals surface area contributed by atoms with E-state index in [0.29, 0.717) is 29.8 Å². The maximum atomic E-state index is 5.07. The van der Waals surface area contributed by atoms with E-state index >= 15 is 0 Å². The minimum absolute atomic E-state index is 0.298. The lowest BCUT2D eigenvalue weighted by atomic mass is 10.0. The second-order valence-electron chi connectivity index (χ2n) is 4.69. The van der Waals surface area contributed by atoms with Gasteiger partial charge in [-0.3, -0.25) is 0 Å². The van der Waals surface area contributed by atoms with Crippen molar-refractivity contribution in [3.63, 3.8) is 0 Å². The lowest BCUT2D eigenvalue weighted by molar-refractivity contribution is 0.340. The number of hydrogen-bond acceptors (Lipinski definition) is 7. The summed E-state index contributed by atoms with van der Waals surface area (Å²) in [6.45, 7) is 4.13. The Morgan fingerprint density at radius 2 is 1.56 bits per heavy atom. The number of nitrogens with zero attached hydrogens (tertiary/aromatic N) is 4. The number of fused-ring (bicyclic) bond motifs is 1. The molecule has 1 aromatic rings. The van der Waals surface area contributed by atoms with Gasteiger partial charge in [0.2, 0.25) is 5.95 Å². The van der Waals surface area contributed by atoms with Crippen LogP contribution in [0.3, 0.4) is 0 Å². The highest BCUT2D eigenvalue weighted by Gasteiger charge is 2.37. The van der Waals surface area contributed by atoms with Crippen molar-refractivity contribution >= 4 is 5.95 Å². The molecule has 2 aliphatic heterocycles. The van der Waals surface area contributed by atoms with E-state index < -0.39 is 0 Å². The number of nitrogens with one attached hydrogen (secondary N) is 1. The molecule has 2 saturated heterocycles. The van der Waals surface area contributed by atoms with Gasteiger partial charge >= 0.3 is 12.0 Å². The lowest BCUT2D eigenvalue weighted by Crippen LogP contribution is -2.27. The Morgan fingerprint density at radius 3 is 2.06 bits per heavy atom. The van der Waals surface area contributed by atoms with Crippen LogP contribution in [0.2, 0.25) is 0 Å². The maximum Gasteiger partial charge on any atom is 0.324 e. The number of rotatable bonds is 3. The zero-order chi connectivity index (χ0) is 12.5. The van der Waals surface area contributed by atoms with Gasteiger partial charge in [0, 0.05) is 26.2 Å². The second kappa shape index (κ2) is 4.56. The summed E-state index contributed by atoms with van der Waals surface area (Å²) in [6.07, 6.45) is 0. The van der Waals surface area contributed by atoms with Crippen molar-refractivity contribution in [3.8, 4) is 12.0 Å². The summed E-state index contributed by atoms with van der Waals surface area (Å²) >= 11 is 0. The third kappa shape index (κ3) is 1.94. The van der Waals surface area contributed by atoms with E-state index in [-0.39, 0.29) is 0 Å². The topological polar surface area (TPSA) is 72.4 Å². The Labute approximate surface area is 106 Å². The molecule has 3 heterocycles. The van der Waals surface area contributed by atoms with Gasteiger partial charge in [0.25, 0.3) is 0 Å². The summed E-state index contributed by atoms with van der Waals surface area (Å²) in [6, 6.07) is 0.596. The minimum atomic E-state index is 0.298. The molecule has 0 unspecified atom stereocenters. The molecule has 2 atom stereocenters. The molecule has 1 N–H and O–H groups in total. The van der Waals surface area contributed by atoms with Crippen LogP contribution in [-0.4, -0.2) is 55.4 Å². The van der Waals surface area contributed by atoms with Gasteiger partial charge in [0.05, 0.1) is 14.2 Å². The van der Waals surface area contributed by atoms with Gasteiger partial charge in [0.1, 0.15) is 0 Å². The number of methoxy groups -OCH3 is 2. The molecule has 1 aromatic heterocycles. The van der Waals surface area contributed by atoms with Gasteiger partial charge in [0.15, 0.2) is 0 Å². The average Bonchev–Trinajstić information content (AvgIpc) is 2.98. The van der Waals surface area contributed by atoms with Crippen molar-refractivity contribution in [2.45, 2.75) is 0 Å². The highest BCUT2D eigenvalue weighted by atomic mass is 16.5. The molecule has 3 rings (SSSR count). The predicted octanol–water partition coefficient (Wildman–Crippen LogP) is -0.456. The average molecular weight is 251 g/mol. The Morgan fingerprint density at radius 1 is 1.00 bits per heavy atom. The van der Waals surface area contributed by atoms with Crippen molar-refractivity contribution in [2.75, 3.05) is 45.3 Å². The summed E-state index contributed by atoms with van der Waals surface area (Å²) in [7, 11) is 3.09. The van der Waals surface area contributed by atoms with Crippen LogP contribution in [0.4, 0.5) is 5.95 Å². The monoisotopic (exact) mass is 251 g/mol. The molecule has 7 nitrogen and oxygen atoms in total. The first kappa shape index (κ1) is 11.5. The van der Waals surface area contributed by atoms with Gasteiger partial charge in [-0.05, 0) is 11.8 Å². The van der Waals surface area contributed by atoms with Gasteiger partial charge in [-0.15, -0.1) is 4.98 Å². The Hall–Kier alpha value is -1.63. The predicted molar refractivity (Wildman–Crippen MR) is 65.0 cm³/mol. The quantitative estimate of drug-likeness (QED) is 0.779. The van der Waals surface area contributed by atoms with E-state index in [9.17, 15) is 0 Å². The molecular formula is C11H17N5O2. The van der Waals surface area contributed by atoms with Crippen molar-refractivity contribution in [1.29, 1.82) is 0 Å². The fraction of sp³-hybridized carbons (Fsp3) is 0.727. The smallest absolute Gasteiger partial charge is 0.324 e. The molecule has 0 aromatic carbocycles. The third-order valence-electron chi connectivity index (χ3n) is 3.62. The van der Waals surface area contributed by atoms with Crippen LogP contribution >= 0.6 is 0 Å². The molecule has 0 aliphatic carbocycles. The van der Waals surface area contributed by atoms with Crippen LogP contribution in [-0.2, 0) is 0 Å². The van der Waals surface area contributed by atoms with E-state index in [4.69, 9.17) is 9.47 Å². The first-order valence-corrected chi connectivity index (χ1v) is 6.10. The Bertz CT molecular complexity index is 407. The number of hydrogen-bond donors (Lipinski definition) is 1. The third-order valence-corrected chi connectivity index (χ3v) is 3.62. The van der Waals surface area contributed by atoms with Gasteiger partial charge < -0.3 is 19.7 Å². The first-order chi connectivity index (χ1) is 8.80. The first-order valence-electron chi connectivity index (χ1n) is 6.10. The van der Waals surface area contributed by atoms with Crippen LogP contribution in [0.5, 0.6) is 12.0 Å². The minimum Gasteiger partial charge on any atom is -0.467 e. The van der Waals surface area contributed by atoms with E-state index in [1.54, 1.807) is 14.2 Å². The van der Waals surface area contributed by atoms with E-state index in [1.807, 2.05) is 0 Å².